The van der Waals surface area contributed by atoms with Crippen molar-refractivity contribution < 1.29 is 9.90 Å². The zero-order valence-corrected chi connectivity index (χ0v) is 6.32. The van der Waals surface area contributed by atoms with Gasteiger partial charge in [0.1, 0.15) is 5.69 Å². The molecule has 0 aliphatic rings. The molecule has 0 aliphatic heterocycles. The molecule has 0 radical (unpaired) electrons. The SMILES string of the molecule is C#Cc1cc(CC(=O)O)ccn1. The van der Waals surface area contributed by atoms with Gasteiger partial charge in [-0.05, 0) is 17.7 Å². The largest absolute Gasteiger partial charge is 0.481 e. The first-order valence-electron chi connectivity index (χ1n) is 3.35. The highest BCUT2D eigenvalue weighted by Crippen LogP contribution is 2.01. The monoisotopic (exact) mass is 161 g/mol. The first-order chi connectivity index (χ1) is 5.72. The second-order valence-corrected chi connectivity index (χ2v) is 2.26. The van der Waals surface area contributed by atoms with Gasteiger partial charge in [0.25, 0.3) is 0 Å². The van der Waals surface area contributed by atoms with Crippen molar-refractivity contribution in [1.29, 1.82) is 0 Å². The summed E-state index contributed by atoms with van der Waals surface area (Å²) < 4.78 is 0. The minimum absolute atomic E-state index is 0.0167. The van der Waals surface area contributed by atoms with Crippen LogP contribution in [0.25, 0.3) is 0 Å². The zero-order valence-electron chi connectivity index (χ0n) is 6.32. The van der Waals surface area contributed by atoms with Crippen LogP contribution in [0.4, 0.5) is 0 Å². The van der Waals surface area contributed by atoms with Crippen LogP contribution in [-0.2, 0) is 11.2 Å². The number of carboxylic acids is 1. The maximum absolute atomic E-state index is 10.3. The quantitative estimate of drug-likeness (QED) is 0.649. The number of carbonyl (C=O) groups is 1. The zero-order chi connectivity index (χ0) is 8.97. The number of terminal acetylenes is 1. The van der Waals surface area contributed by atoms with Gasteiger partial charge in [-0.2, -0.15) is 0 Å². The molecule has 0 aliphatic carbocycles. The lowest BCUT2D eigenvalue weighted by atomic mass is 10.2. The Balaban J connectivity index is 2.88. The molecule has 0 unspecified atom stereocenters. The van der Waals surface area contributed by atoms with Crippen LogP contribution in [0.15, 0.2) is 18.3 Å². The highest BCUT2D eigenvalue weighted by Gasteiger charge is 2.00. The molecule has 0 atom stereocenters. The third kappa shape index (κ3) is 2.10. The lowest BCUT2D eigenvalue weighted by Gasteiger charge is -1.95. The third-order valence-electron chi connectivity index (χ3n) is 1.33. The fourth-order valence-corrected chi connectivity index (χ4v) is 0.838. The van der Waals surface area contributed by atoms with E-state index in [0.717, 1.165) is 0 Å². The Bertz CT molecular complexity index is 339. The highest BCUT2D eigenvalue weighted by atomic mass is 16.4. The van der Waals surface area contributed by atoms with Crippen LogP contribution in [0.2, 0.25) is 0 Å². The predicted molar refractivity (Wildman–Crippen MR) is 43.5 cm³/mol. The Morgan fingerprint density at radius 1 is 1.75 bits per heavy atom. The second-order valence-electron chi connectivity index (χ2n) is 2.26. The van der Waals surface area contributed by atoms with E-state index in [0.29, 0.717) is 11.3 Å². The number of carboxylic acid groups (broad SMARTS) is 1. The first kappa shape index (κ1) is 8.28. The minimum atomic E-state index is -0.871. The standard InChI is InChI=1S/C9H7NO2/c1-2-8-5-7(3-4-10-8)6-9(11)12/h1,3-5H,6H2,(H,11,12). The van der Waals surface area contributed by atoms with E-state index in [1.54, 1.807) is 12.1 Å². The summed E-state index contributed by atoms with van der Waals surface area (Å²) >= 11 is 0. The molecule has 12 heavy (non-hydrogen) atoms. The predicted octanol–water partition coefficient (Wildman–Crippen LogP) is 0.690. The van der Waals surface area contributed by atoms with Crippen molar-refractivity contribution in [2.45, 2.75) is 6.42 Å². The molecule has 60 valence electrons. The number of pyridine rings is 1. The molecule has 0 amide bonds. The van der Waals surface area contributed by atoms with Crippen molar-refractivity contribution in [1.82, 2.24) is 4.98 Å². The van der Waals surface area contributed by atoms with Gasteiger partial charge in [-0.3, -0.25) is 4.79 Å². The van der Waals surface area contributed by atoms with Gasteiger partial charge in [-0.1, -0.05) is 5.92 Å². The summed E-state index contributed by atoms with van der Waals surface area (Å²) in [4.78, 5) is 14.1. The summed E-state index contributed by atoms with van der Waals surface area (Å²) in [6.45, 7) is 0. The summed E-state index contributed by atoms with van der Waals surface area (Å²) in [5.74, 6) is 1.47. The van der Waals surface area contributed by atoms with Gasteiger partial charge in [0.05, 0.1) is 6.42 Å². The number of rotatable bonds is 2. The fourth-order valence-electron chi connectivity index (χ4n) is 0.838. The summed E-state index contributed by atoms with van der Waals surface area (Å²) in [6.07, 6.45) is 6.58. The Labute approximate surface area is 70.1 Å². The highest BCUT2D eigenvalue weighted by molar-refractivity contribution is 5.70. The second kappa shape index (κ2) is 3.54. The van der Waals surface area contributed by atoms with Crippen molar-refractivity contribution in [3.05, 3.63) is 29.6 Å². The molecule has 3 nitrogen and oxygen atoms in total. The molecule has 0 bridgehead atoms. The van der Waals surface area contributed by atoms with Crippen LogP contribution in [0.5, 0.6) is 0 Å². The van der Waals surface area contributed by atoms with Gasteiger partial charge < -0.3 is 5.11 Å². The van der Waals surface area contributed by atoms with E-state index in [1.807, 2.05) is 0 Å². The Kier molecular flexibility index (Phi) is 2.44. The number of hydrogen-bond donors (Lipinski definition) is 1. The van der Waals surface area contributed by atoms with E-state index in [4.69, 9.17) is 11.5 Å². The van der Waals surface area contributed by atoms with Gasteiger partial charge in [0.15, 0.2) is 0 Å². The number of nitrogens with zero attached hydrogens (tertiary/aromatic N) is 1. The lowest BCUT2D eigenvalue weighted by Crippen LogP contribution is -2.00. The molecule has 1 aromatic rings. The lowest BCUT2D eigenvalue weighted by molar-refractivity contribution is -0.136. The summed E-state index contributed by atoms with van der Waals surface area (Å²) in [6, 6.07) is 3.23. The van der Waals surface area contributed by atoms with Gasteiger partial charge >= 0.3 is 5.97 Å². The third-order valence-corrected chi connectivity index (χ3v) is 1.33. The average molecular weight is 161 g/mol. The molecule has 0 fully saturated rings. The molecular formula is C9H7NO2. The van der Waals surface area contributed by atoms with Gasteiger partial charge in [-0.25, -0.2) is 4.98 Å². The van der Waals surface area contributed by atoms with E-state index in [2.05, 4.69) is 10.9 Å². The molecule has 1 rings (SSSR count). The van der Waals surface area contributed by atoms with Crippen molar-refractivity contribution in [3.8, 4) is 12.3 Å². The molecular weight excluding hydrogens is 154 g/mol. The molecule has 0 saturated heterocycles. The van der Waals surface area contributed by atoms with Gasteiger partial charge in [-0.15, -0.1) is 6.42 Å². The summed E-state index contributed by atoms with van der Waals surface area (Å²) in [5.41, 5.74) is 1.14. The maximum atomic E-state index is 10.3. The first-order valence-corrected chi connectivity index (χ1v) is 3.35. The van der Waals surface area contributed by atoms with E-state index >= 15 is 0 Å². The Morgan fingerprint density at radius 3 is 3.08 bits per heavy atom. The van der Waals surface area contributed by atoms with Gasteiger partial charge in [0.2, 0.25) is 0 Å². The topological polar surface area (TPSA) is 50.2 Å². The normalized spacial score (nSPS) is 8.92. The van der Waals surface area contributed by atoms with Crippen LogP contribution >= 0.6 is 0 Å². The molecule has 1 aromatic heterocycles. The van der Waals surface area contributed by atoms with Crippen LogP contribution in [-0.4, -0.2) is 16.1 Å². The number of aliphatic carboxylic acids is 1. The van der Waals surface area contributed by atoms with Crippen molar-refractivity contribution >= 4 is 5.97 Å². The average Bonchev–Trinajstić information content (AvgIpc) is 2.03. The van der Waals surface area contributed by atoms with Crippen molar-refractivity contribution in [3.63, 3.8) is 0 Å². The Hall–Kier alpha value is -1.82. The van der Waals surface area contributed by atoms with Crippen LogP contribution in [0.1, 0.15) is 11.3 Å². The van der Waals surface area contributed by atoms with Crippen molar-refractivity contribution in [2.24, 2.45) is 0 Å². The van der Waals surface area contributed by atoms with Crippen LogP contribution < -0.4 is 0 Å². The summed E-state index contributed by atoms with van der Waals surface area (Å²) in [5, 5.41) is 8.46. The van der Waals surface area contributed by atoms with E-state index in [1.165, 1.54) is 6.20 Å². The molecule has 0 spiro atoms. The molecule has 0 saturated carbocycles. The Morgan fingerprint density at radius 2 is 2.50 bits per heavy atom. The molecule has 1 heterocycles. The number of aromatic nitrogens is 1. The molecule has 3 heteroatoms. The molecule has 0 aromatic carbocycles. The number of hydrogen-bond acceptors (Lipinski definition) is 2. The van der Waals surface area contributed by atoms with E-state index in [9.17, 15) is 4.79 Å². The smallest absolute Gasteiger partial charge is 0.307 e. The van der Waals surface area contributed by atoms with Crippen molar-refractivity contribution in [2.75, 3.05) is 0 Å². The summed E-state index contributed by atoms with van der Waals surface area (Å²) in [7, 11) is 0. The van der Waals surface area contributed by atoms with Crippen LogP contribution in [0.3, 0.4) is 0 Å². The maximum Gasteiger partial charge on any atom is 0.307 e. The van der Waals surface area contributed by atoms with Crippen LogP contribution in [0, 0.1) is 12.3 Å². The van der Waals surface area contributed by atoms with E-state index in [-0.39, 0.29) is 6.42 Å². The molecule has 1 N–H and O–H groups in total. The fraction of sp³-hybridized carbons (Fsp3) is 0.111. The minimum Gasteiger partial charge on any atom is -0.481 e. The van der Waals surface area contributed by atoms with Gasteiger partial charge in [0, 0.05) is 6.20 Å². The van der Waals surface area contributed by atoms with E-state index < -0.39 is 5.97 Å².